The molecule has 2 aromatic carbocycles. The van der Waals surface area contributed by atoms with E-state index in [1.165, 1.54) is 5.56 Å². The summed E-state index contributed by atoms with van der Waals surface area (Å²) in [7, 11) is 0. The standard InChI is InChI=1S/C20H21N3O2S/c1-12-5-10-15-16(11-12)26-19(22-15)13-6-8-14(9-7-13)21-17(24)18(25)23-20(2,3)4/h5-11H,1-4H3,(H,21,24)(H,23,25). The number of nitrogens with one attached hydrogen (secondary N) is 2. The molecule has 26 heavy (non-hydrogen) atoms. The number of aromatic nitrogens is 1. The molecule has 0 aliphatic heterocycles. The van der Waals surface area contributed by atoms with Gasteiger partial charge in [0.15, 0.2) is 0 Å². The van der Waals surface area contributed by atoms with E-state index in [4.69, 9.17) is 0 Å². The van der Waals surface area contributed by atoms with Crippen LogP contribution >= 0.6 is 11.3 Å². The van der Waals surface area contributed by atoms with Gasteiger partial charge in [0.05, 0.1) is 10.2 Å². The van der Waals surface area contributed by atoms with Crippen molar-refractivity contribution >= 4 is 39.1 Å². The molecule has 5 nitrogen and oxygen atoms in total. The summed E-state index contributed by atoms with van der Waals surface area (Å²) in [5.74, 6) is -1.33. The highest BCUT2D eigenvalue weighted by Crippen LogP contribution is 2.31. The van der Waals surface area contributed by atoms with Crippen LogP contribution in [0, 0.1) is 6.92 Å². The van der Waals surface area contributed by atoms with Crippen LogP contribution in [0.5, 0.6) is 0 Å². The third-order valence-electron chi connectivity index (χ3n) is 3.63. The van der Waals surface area contributed by atoms with E-state index in [0.717, 1.165) is 20.8 Å². The van der Waals surface area contributed by atoms with Gasteiger partial charge >= 0.3 is 11.8 Å². The predicted octanol–water partition coefficient (Wildman–Crippen LogP) is 4.12. The molecular formula is C20H21N3O2S. The quantitative estimate of drug-likeness (QED) is 0.669. The van der Waals surface area contributed by atoms with Crippen LogP contribution in [0.25, 0.3) is 20.8 Å². The maximum atomic E-state index is 12.0. The van der Waals surface area contributed by atoms with Gasteiger partial charge in [0.1, 0.15) is 5.01 Å². The van der Waals surface area contributed by atoms with Crippen LogP contribution in [0.2, 0.25) is 0 Å². The molecule has 1 heterocycles. The summed E-state index contributed by atoms with van der Waals surface area (Å²) >= 11 is 1.63. The summed E-state index contributed by atoms with van der Waals surface area (Å²) in [4.78, 5) is 28.5. The van der Waals surface area contributed by atoms with E-state index in [1.54, 1.807) is 23.5 Å². The fraction of sp³-hybridized carbons (Fsp3) is 0.250. The molecule has 0 fully saturated rings. The molecule has 1 aromatic heterocycles. The van der Waals surface area contributed by atoms with Gasteiger partial charge in [-0.25, -0.2) is 4.98 Å². The van der Waals surface area contributed by atoms with E-state index in [-0.39, 0.29) is 0 Å². The fourth-order valence-electron chi connectivity index (χ4n) is 2.44. The summed E-state index contributed by atoms with van der Waals surface area (Å²) in [6, 6.07) is 13.5. The minimum atomic E-state index is -0.678. The van der Waals surface area contributed by atoms with Gasteiger partial charge in [-0.1, -0.05) is 6.07 Å². The largest absolute Gasteiger partial charge is 0.343 e. The average molecular weight is 367 g/mol. The summed E-state index contributed by atoms with van der Waals surface area (Å²) in [5, 5.41) is 6.17. The minimum absolute atomic E-state index is 0.455. The van der Waals surface area contributed by atoms with E-state index in [9.17, 15) is 9.59 Å². The Hall–Kier alpha value is -2.73. The monoisotopic (exact) mass is 367 g/mol. The first-order valence-electron chi connectivity index (χ1n) is 8.32. The molecule has 0 radical (unpaired) electrons. The molecule has 0 spiro atoms. The Morgan fingerprint density at radius 1 is 1.00 bits per heavy atom. The normalized spacial score (nSPS) is 11.4. The zero-order chi connectivity index (χ0) is 18.9. The smallest absolute Gasteiger partial charge is 0.313 e. The Balaban J connectivity index is 1.73. The van der Waals surface area contributed by atoms with Gasteiger partial charge in [0.2, 0.25) is 0 Å². The Labute approximate surface area is 156 Å². The second kappa shape index (κ2) is 6.88. The highest BCUT2D eigenvalue weighted by atomic mass is 32.1. The van der Waals surface area contributed by atoms with Crippen LogP contribution in [-0.2, 0) is 9.59 Å². The zero-order valence-corrected chi connectivity index (χ0v) is 16.0. The molecule has 0 saturated carbocycles. The number of benzene rings is 2. The topological polar surface area (TPSA) is 71.1 Å². The molecule has 0 saturated heterocycles. The van der Waals surface area contributed by atoms with Gasteiger partial charge in [0, 0.05) is 16.8 Å². The van der Waals surface area contributed by atoms with Gasteiger partial charge in [-0.2, -0.15) is 0 Å². The number of rotatable bonds is 2. The SMILES string of the molecule is Cc1ccc2nc(-c3ccc(NC(=O)C(=O)NC(C)(C)C)cc3)sc2c1. The van der Waals surface area contributed by atoms with Crippen LogP contribution in [0.3, 0.4) is 0 Å². The van der Waals surface area contributed by atoms with E-state index < -0.39 is 17.4 Å². The molecule has 0 atom stereocenters. The molecule has 2 N–H and O–H groups in total. The van der Waals surface area contributed by atoms with E-state index in [0.29, 0.717) is 5.69 Å². The van der Waals surface area contributed by atoms with Gasteiger partial charge in [-0.05, 0) is 69.7 Å². The lowest BCUT2D eigenvalue weighted by atomic mass is 10.1. The average Bonchev–Trinajstić information content (AvgIpc) is 2.97. The van der Waals surface area contributed by atoms with Crippen LogP contribution < -0.4 is 10.6 Å². The molecule has 3 aromatic rings. The van der Waals surface area contributed by atoms with Gasteiger partial charge in [-0.3, -0.25) is 9.59 Å². The van der Waals surface area contributed by atoms with Crippen molar-refractivity contribution in [1.29, 1.82) is 0 Å². The molecular weight excluding hydrogens is 346 g/mol. The first-order chi connectivity index (χ1) is 12.2. The van der Waals surface area contributed by atoms with Crippen LogP contribution in [-0.4, -0.2) is 22.3 Å². The molecule has 0 aliphatic rings. The first-order valence-corrected chi connectivity index (χ1v) is 9.14. The van der Waals surface area contributed by atoms with Crippen LogP contribution in [0.1, 0.15) is 26.3 Å². The highest BCUT2D eigenvalue weighted by Gasteiger charge is 2.20. The lowest BCUT2D eigenvalue weighted by molar-refractivity contribution is -0.137. The van der Waals surface area contributed by atoms with Gasteiger partial charge in [-0.15, -0.1) is 11.3 Å². The lowest BCUT2D eigenvalue weighted by Gasteiger charge is -2.19. The van der Waals surface area contributed by atoms with Crippen molar-refractivity contribution in [2.75, 3.05) is 5.32 Å². The number of aryl methyl sites for hydroxylation is 1. The summed E-state index contributed by atoms with van der Waals surface area (Å²) < 4.78 is 1.15. The zero-order valence-electron chi connectivity index (χ0n) is 15.2. The Bertz CT molecular complexity index is 969. The van der Waals surface area contributed by atoms with Crippen LogP contribution in [0.15, 0.2) is 42.5 Å². The third-order valence-corrected chi connectivity index (χ3v) is 4.70. The second-order valence-electron chi connectivity index (χ2n) is 7.23. The number of hydrogen-bond acceptors (Lipinski definition) is 4. The molecule has 0 bridgehead atoms. The number of fused-ring (bicyclic) bond motifs is 1. The van der Waals surface area contributed by atoms with Crippen molar-refractivity contribution in [3.05, 3.63) is 48.0 Å². The highest BCUT2D eigenvalue weighted by molar-refractivity contribution is 7.21. The Kier molecular flexibility index (Phi) is 4.78. The second-order valence-corrected chi connectivity index (χ2v) is 8.26. The number of thiazole rings is 1. The van der Waals surface area contributed by atoms with Gasteiger partial charge in [0.25, 0.3) is 0 Å². The number of hydrogen-bond donors (Lipinski definition) is 2. The van der Waals surface area contributed by atoms with Crippen molar-refractivity contribution < 1.29 is 9.59 Å². The van der Waals surface area contributed by atoms with E-state index in [2.05, 4.69) is 28.6 Å². The molecule has 0 aliphatic carbocycles. The molecule has 2 amide bonds. The number of amides is 2. The van der Waals surface area contributed by atoms with Crippen LogP contribution in [0.4, 0.5) is 5.69 Å². The third kappa shape index (κ3) is 4.26. The van der Waals surface area contributed by atoms with Crippen molar-refractivity contribution in [2.24, 2.45) is 0 Å². The molecule has 6 heteroatoms. The van der Waals surface area contributed by atoms with Gasteiger partial charge < -0.3 is 10.6 Å². The minimum Gasteiger partial charge on any atom is -0.343 e. The van der Waals surface area contributed by atoms with Crippen molar-refractivity contribution in [3.8, 4) is 10.6 Å². The van der Waals surface area contributed by atoms with Crippen molar-refractivity contribution in [3.63, 3.8) is 0 Å². The molecule has 0 unspecified atom stereocenters. The Morgan fingerprint density at radius 2 is 1.69 bits per heavy atom. The summed E-state index contributed by atoms with van der Waals surface area (Å²) in [5.41, 5.74) is 3.27. The molecule has 134 valence electrons. The number of anilines is 1. The number of nitrogens with zero attached hydrogens (tertiary/aromatic N) is 1. The fourth-order valence-corrected chi connectivity index (χ4v) is 3.51. The summed E-state index contributed by atoms with van der Waals surface area (Å²) in [6.45, 7) is 7.54. The Morgan fingerprint density at radius 3 is 2.35 bits per heavy atom. The maximum absolute atomic E-state index is 12.0. The van der Waals surface area contributed by atoms with E-state index in [1.807, 2.05) is 45.0 Å². The summed E-state index contributed by atoms with van der Waals surface area (Å²) in [6.07, 6.45) is 0. The number of carbonyl (C=O) groups excluding carboxylic acids is 2. The van der Waals surface area contributed by atoms with E-state index >= 15 is 0 Å². The first kappa shape index (κ1) is 18.1. The predicted molar refractivity (Wildman–Crippen MR) is 106 cm³/mol. The maximum Gasteiger partial charge on any atom is 0.313 e. The molecule has 3 rings (SSSR count). The van der Waals surface area contributed by atoms with Crippen molar-refractivity contribution in [2.45, 2.75) is 33.2 Å². The van der Waals surface area contributed by atoms with Crippen molar-refractivity contribution in [1.82, 2.24) is 10.3 Å². The lowest BCUT2D eigenvalue weighted by Crippen LogP contribution is -2.46. The number of carbonyl (C=O) groups is 2.